The van der Waals surface area contributed by atoms with Crippen LogP contribution in [0, 0.1) is 13.8 Å². The Balaban J connectivity index is 3.15. The Morgan fingerprint density at radius 2 is 1.79 bits per heavy atom. The molecule has 78 valence electrons. The Morgan fingerprint density at radius 1 is 1.14 bits per heavy atom. The molecule has 2 nitrogen and oxygen atoms in total. The average Bonchev–Trinajstić information content (AvgIpc) is 2.09. The van der Waals surface area contributed by atoms with Gasteiger partial charge in [-0.25, -0.2) is 8.42 Å². The smallest absolute Gasteiger partial charge is 0.178 e. The summed E-state index contributed by atoms with van der Waals surface area (Å²) in [6.07, 6.45) is 0.662. The fourth-order valence-electron chi connectivity index (χ4n) is 1.29. The van der Waals surface area contributed by atoms with E-state index < -0.39 is 9.84 Å². The highest BCUT2D eigenvalue weighted by molar-refractivity contribution is 7.91. The van der Waals surface area contributed by atoms with Gasteiger partial charge in [0.25, 0.3) is 0 Å². The van der Waals surface area contributed by atoms with Crippen LogP contribution in [-0.4, -0.2) is 14.2 Å². The Bertz CT molecular complexity index is 419. The molecule has 1 aromatic rings. The second-order valence-corrected chi connectivity index (χ2v) is 5.67. The zero-order chi connectivity index (χ0) is 10.8. The van der Waals surface area contributed by atoms with Crippen LogP contribution in [0.3, 0.4) is 0 Å². The molecule has 0 fully saturated rings. The normalized spacial score (nSPS) is 11.6. The number of rotatable bonds is 3. The van der Waals surface area contributed by atoms with E-state index >= 15 is 0 Å². The first-order valence-corrected chi connectivity index (χ1v) is 6.42. The average molecular weight is 212 g/mol. The van der Waals surface area contributed by atoms with Gasteiger partial charge in [-0.2, -0.15) is 0 Å². The number of hydrogen-bond acceptors (Lipinski definition) is 2. The third-order valence-electron chi connectivity index (χ3n) is 2.31. The molecule has 0 spiro atoms. The summed E-state index contributed by atoms with van der Waals surface area (Å²) < 4.78 is 23.4. The van der Waals surface area contributed by atoms with Crippen molar-refractivity contribution >= 4 is 9.84 Å². The van der Waals surface area contributed by atoms with Crippen molar-refractivity contribution in [3.8, 4) is 0 Å². The van der Waals surface area contributed by atoms with Crippen LogP contribution in [0.1, 0.15) is 24.5 Å². The van der Waals surface area contributed by atoms with Gasteiger partial charge < -0.3 is 0 Å². The summed E-state index contributed by atoms with van der Waals surface area (Å²) >= 11 is 0. The minimum absolute atomic E-state index is 0.232. The quantitative estimate of drug-likeness (QED) is 0.771. The Labute approximate surface area is 85.9 Å². The minimum Gasteiger partial charge on any atom is -0.224 e. The summed E-state index contributed by atoms with van der Waals surface area (Å²) in [6.45, 7) is 5.78. The lowest BCUT2D eigenvalue weighted by atomic mass is 10.1. The van der Waals surface area contributed by atoms with Gasteiger partial charge in [0, 0.05) is 0 Å². The fraction of sp³-hybridized carbons (Fsp3) is 0.455. The van der Waals surface area contributed by atoms with Crippen molar-refractivity contribution in [2.45, 2.75) is 32.1 Å². The van der Waals surface area contributed by atoms with E-state index in [1.165, 1.54) is 0 Å². The Kier molecular flexibility index (Phi) is 3.32. The lowest BCUT2D eigenvalue weighted by molar-refractivity contribution is 0.594. The van der Waals surface area contributed by atoms with E-state index in [1.54, 1.807) is 12.1 Å². The van der Waals surface area contributed by atoms with Crippen LogP contribution in [0.15, 0.2) is 23.1 Å². The molecule has 0 aliphatic rings. The van der Waals surface area contributed by atoms with Crippen molar-refractivity contribution < 1.29 is 8.42 Å². The summed E-state index contributed by atoms with van der Waals surface area (Å²) in [6, 6.07) is 5.30. The summed E-state index contributed by atoms with van der Waals surface area (Å²) in [5.74, 6) is 0.232. The van der Waals surface area contributed by atoms with E-state index in [4.69, 9.17) is 0 Å². The molecule has 0 aliphatic carbocycles. The SMILES string of the molecule is CCCS(=O)(=O)c1ccc(C)c(C)c1. The third kappa shape index (κ3) is 2.35. The molecule has 0 aromatic heterocycles. The predicted molar refractivity (Wildman–Crippen MR) is 58.3 cm³/mol. The Hall–Kier alpha value is -0.830. The molecule has 0 aliphatic heterocycles. The standard InChI is InChI=1S/C11H16O2S/c1-4-7-14(12,13)11-6-5-9(2)10(3)8-11/h5-6,8H,4,7H2,1-3H3. The molecule has 0 amide bonds. The van der Waals surface area contributed by atoms with Gasteiger partial charge in [-0.05, 0) is 43.5 Å². The van der Waals surface area contributed by atoms with E-state index in [9.17, 15) is 8.42 Å². The highest BCUT2D eigenvalue weighted by Crippen LogP contribution is 2.16. The van der Waals surface area contributed by atoms with Crippen molar-refractivity contribution in [1.29, 1.82) is 0 Å². The first-order chi connectivity index (χ1) is 6.47. The van der Waals surface area contributed by atoms with Gasteiger partial charge in [-0.1, -0.05) is 13.0 Å². The molecular weight excluding hydrogens is 196 g/mol. The van der Waals surface area contributed by atoms with Gasteiger partial charge in [0.05, 0.1) is 10.6 Å². The maximum Gasteiger partial charge on any atom is 0.178 e. The second-order valence-electron chi connectivity index (χ2n) is 3.56. The molecular formula is C11H16O2S. The van der Waals surface area contributed by atoms with Gasteiger partial charge in [0.1, 0.15) is 0 Å². The lowest BCUT2D eigenvalue weighted by Gasteiger charge is -2.05. The molecule has 0 atom stereocenters. The highest BCUT2D eigenvalue weighted by Gasteiger charge is 2.12. The summed E-state index contributed by atoms with van der Waals surface area (Å²) in [4.78, 5) is 0.447. The number of sulfone groups is 1. The van der Waals surface area contributed by atoms with Gasteiger partial charge in [-0.15, -0.1) is 0 Å². The molecule has 0 bridgehead atoms. The van der Waals surface area contributed by atoms with E-state index in [0.29, 0.717) is 11.3 Å². The minimum atomic E-state index is -3.05. The first kappa shape index (κ1) is 11.2. The van der Waals surface area contributed by atoms with Gasteiger partial charge in [0.15, 0.2) is 9.84 Å². The van der Waals surface area contributed by atoms with Crippen molar-refractivity contribution in [3.63, 3.8) is 0 Å². The highest BCUT2D eigenvalue weighted by atomic mass is 32.2. The van der Waals surface area contributed by atoms with Crippen LogP contribution in [0.4, 0.5) is 0 Å². The molecule has 0 saturated carbocycles. The van der Waals surface area contributed by atoms with Crippen LogP contribution < -0.4 is 0 Å². The van der Waals surface area contributed by atoms with Crippen LogP contribution in [0.5, 0.6) is 0 Å². The third-order valence-corrected chi connectivity index (χ3v) is 4.23. The maximum atomic E-state index is 11.7. The molecule has 1 aromatic carbocycles. The van der Waals surface area contributed by atoms with E-state index in [-0.39, 0.29) is 5.75 Å². The van der Waals surface area contributed by atoms with Crippen molar-refractivity contribution in [1.82, 2.24) is 0 Å². The van der Waals surface area contributed by atoms with Gasteiger partial charge in [0.2, 0.25) is 0 Å². The lowest BCUT2D eigenvalue weighted by Crippen LogP contribution is -2.06. The van der Waals surface area contributed by atoms with Crippen molar-refractivity contribution in [2.75, 3.05) is 5.75 Å². The molecule has 0 saturated heterocycles. The summed E-state index contributed by atoms with van der Waals surface area (Å²) in [5, 5.41) is 0. The van der Waals surface area contributed by atoms with Crippen LogP contribution in [-0.2, 0) is 9.84 Å². The molecule has 0 N–H and O–H groups in total. The van der Waals surface area contributed by atoms with Gasteiger partial charge in [-0.3, -0.25) is 0 Å². The summed E-state index contributed by atoms with van der Waals surface area (Å²) in [7, 11) is -3.05. The number of aryl methyl sites for hydroxylation is 2. The fourth-order valence-corrected chi connectivity index (χ4v) is 2.70. The van der Waals surface area contributed by atoms with E-state index in [1.807, 2.05) is 26.8 Å². The monoisotopic (exact) mass is 212 g/mol. The molecule has 0 heterocycles. The maximum absolute atomic E-state index is 11.7. The second kappa shape index (κ2) is 4.13. The molecule has 14 heavy (non-hydrogen) atoms. The number of benzene rings is 1. The zero-order valence-electron chi connectivity index (χ0n) is 8.87. The van der Waals surface area contributed by atoms with Crippen LogP contribution in [0.2, 0.25) is 0 Å². The largest absolute Gasteiger partial charge is 0.224 e. The predicted octanol–water partition coefficient (Wildman–Crippen LogP) is 2.49. The van der Waals surface area contributed by atoms with E-state index in [0.717, 1.165) is 11.1 Å². The van der Waals surface area contributed by atoms with Crippen LogP contribution >= 0.6 is 0 Å². The van der Waals surface area contributed by atoms with Crippen LogP contribution in [0.25, 0.3) is 0 Å². The topological polar surface area (TPSA) is 34.1 Å². The molecule has 3 heteroatoms. The molecule has 0 radical (unpaired) electrons. The molecule has 0 unspecified atom stereocenters. The number of hydrogen-bond donors (Lipinski definition) is 0. The van der Waals surface area contributed by atoms with Gasteiger partial charge >= 0.3 is 0 Å². The summed E-state index contributed by atoms with van der Waals surface area (Å²) in [5.41, 5.74) is 2.16. The zero-order valence-corrected chi connectivity index (χ0v) is 9.69. The van der Waals surface area contributed by atoms with E-state index in [2.05, 4.69) is 0 Å². The molecule has 1 rings (SSSR count). The first-order valence-electron chi connectivity index (χ1n) is 4.77. The van der Waals surface area contributed by atoms with Crippen molar-refractivity contribution in [3.05, 3.63) is 29.3 Å². The Morgan fingerprint density at radius 3 is 2.29 bits per heavy atom. The van der Waals surface area contributed by atoms with Crippen molar-refractivity contribution in [2.24, 2.45) is 0 Å².